The molecule has 2 atom stereocenters. The van der Waals surface area contributed by atoms with Gasteiger partial charge in [0.25, 0.3) is 0 Å². The molecule has 1 N–H and O–H groups in total. The third-order valence-corrected chi connectivity index (χ3v) is 5.76. The minimum Gasteiger partial charge on any atom is -0.391 e. The fourth-order valence-electron chi connectivity index (χ4n) is 2.49. The summed E-state index contributed by atoms with van der Waals surface area (Å²) in [6, 6.07) is 0.241. The molecule has 1 fully saturated rings. The third kappa shape index (κ3) is 3.35. The van der Waals surface area contributed by atoms with Crippen molar-refractivity contribution >= 4 is 27.7 Å². The molecule has 1 aliphatic heterocycles. The van der Waals surface area contributed by atoms with E-state index in [0.717, 1.165) is 40.3 Å². The van der Waals surface area contributed by atoms with Crippen LogP contribution >= 0.6 is 27.7 Å². The van der Waals surface area contributed by atoms with Gasteiger partial charge < -0.3 is 5.11 Å². The molecule has 108 valence electrons. The topological polar surface area (TPSA) is 41.3 Å². The summed E-state index contributed by atoms with van der Waals surface area (Å²) in [5.41, 5.74) is 2.16. The number of hydrogen-bond acceptors (Lipinski definition) is 4. The summed E-state index contributed by atoms with van der Waals surface area (Å²) < 4.78 is 2.95. The lowest BCUT2D eigenvalue weighted by Crippen LogP contribution is -2.48. The zero-order valence-electron chi connectivity index (χ0n) is 11.8. The van der Waals surface area contributed by atoms with Gasteiger partial charge in [0.1, 0.15) is 0 Å². The Morgan fingerprint density at radius 2 is 2.26 bits per heavy atom. The van der Waals surface area contributed by atoms with E-state index < -0.39 is 0 Å². The maximum Gasteiger partial charge on any atom is 0.0766 e. The van der Waals surface area contributed by atoms with Gasteiger partial charge in [-0.2, -0.15) is 16.9 Å². The maximum absolute atomic E-state index is 10.5. The van der Waals surface area contributed by atoms with Crippen LogP contribution in [0.1, 0.15) is 18.3 Å². The van der Waals surface area contributed by atoms with E-state index in [2.05, 4.69) is 39.9 Å². The molecule has 0 aromatic carbocycles. The Hall–Kier alpha value is -0.0400. The third-order valence-electron chi connectivity index (χ3n) is 3.79. The molecule has 2 rings (SSSR count). The van der Waals surface area contributed by atoms with Crippen LogP contribution in [0.15, 0.2) is 4.47 Å². The number of aryl methyl sites for hydroxylation is 2. The lowest BCUT2D eigenvalue weighted by Gasteiger charge is -2.35. The predicted octanol–water partition coefficient (Wildman–Crippen LogP) is 1.70. The first-order valence-corrected chi connectivity index (χ1v) is 8.65. The monoisotopic (exact) mass is 347 g/mol. The Morgan fingerprint density at radius 1 is 1.53 bits per heavy atom. The molecule has 1 saturated heterocycles. The van der Waals surface area contributed by atoms with Crippen molar-refractivity contribution in [3.05, 3.63) is 15.9 Å². The van der Waals surface area contributed by atoms with Gasteiger partial charge in [-0.1, -0.05) is 6.92 Å². The molecule has 0 spiro atoms. The zero-order valence-corrected chi connectivity index (χ0v) is 14.2. The highest BCUT2D eigenvalue weighted by Crippen LogP contribution is 2.25. The molecule has 0 saturated carbocycles. The number of hydrogen-bond donors (Lipinski definition) is 1. The highest BCUT2D eigenvalue weighted by atomic mass is 79.9. The lowest BCUT2D eigenvalue weighted by atomic mass is 10.1. The van der Waals surface area contributed by atoms with E-state index in [0.29, 0.717) is 6.42 Å². The SMILES string of the molecule is CCc1nn(C)c(CC(O)C2CSCCN2C)c1Br. The number of halogens is 1. The van der Waals surface area contributed by atoms with Gasteiger partial charge in [0, 0.05) is 37.6 Å². The molecule has 0 amide bonds. The summed E-state index contributed by atoms with van der Waals surface area (Å²) in [5, 5.41) is 15.0. The molecule has 2 unspecified atom stereocenters. The second-order valence-corrected chi connectivity index (χ2v) is 7.02. The molecule has 1 aliphatic rings. The summed E-state index contributed by atoms with van der Waals surface area (Å²) in [6.45, 7) is 3.15. The molecule has 2 heterocycles. The van der Waals surface area contributed by atoms with Crippen LogP contribution in [0.4, 0.5) is 0 Å². The van der Waals surface area contributed by atoms with Gasteiger partial charge >= 0.3 is 0 Å². The van der Waals surface area contributed by atoms with Crippen LogP contribution in [0.25, 0.3) is 0 Å². The summed E-state index contributed by atoms with van der Waals surface area (Å²) in [5.74, 6) is 2.17. The van der Waals surface area contributed by atoms with E-state index in [4.69, 9.17) is 0 Å². The molecule has 0 aliphatic carbocycles. The second kappa shape index (κ2) is 6.61. The molecule has 19 heavy (non-hydrogen) atoms. The first-order chi connectivity index (χ1) is 9.04. The van der Waals surface area contributed by atoms with Crippen LogP contribution in [-0.2, 0) is 19.9 Å². The normalized spacial score (nSPS) is 22.7. The average molecular weight is 348 g/mol. The van der Waals surface area contributed by atoms with Crippen LogP contribution in [0.3, 0.4) is 0 Å². The molecule has 4 nitrogen and oxygen atoms in total. The number of thioether (sulfide) groups is 1. The van der Waals surface area contributed by atoms with E-state index in [1.54, 1.807) is 0 Å². The quantitative estimate of drug-likeness (QED) is 0.899. The minimum atomic E-state index is -0.339. The largest absolute Gasteiger partial charge is 0.391 e. The zero-order chi connectivity index (χ0) is 14.0. The van der Waals surface area contributed by atoms with Gasteiger partial charge in [-0.3, -0.25) is 9.58 Å². The summed E-state index contributed by atoms with van der Waals surface area (Å²) in [6.07, 6.45) is 1.22. The van der Waals surface area contributed by atoms with Gasteiger partial charge in [0.15, 0.2) is 0 Å². The predicted molar refractivity (Wildman–Crippen MR) is 83.7 cm³/mol. The molecule has 6 heteroatoms. The molecule has 0 radical (unpaired) electrons. The van der Waals surface area contributed by atoms with E-state index in [1.807, 2.05) is 23.5 Å². The lowest BCUT2D eigenvalue weighted by molar-refractivity contribution is 0.0748. The van der Waals surface area contributed by atoms with E-state index in [-0.39, 0.29) is 12.1 Å². The van der Waals surface area contributed by atoms with Crippen molar-refractivity contribution in [3.63, 3.8) is 0 Å². The Bertz CT molecular complexity index is 438. The molecule has 1 aromatic rings. The first-order valence-electron chi connectivity index (χ1n) is 6.70. The molecular weight excluding hydrogens is 326 g/mol. The second-order valence-electron chi connectivity index (χ2n) is 5.08. The van der Waals surface area contributed by atoms with Crippen molar-refractivity contribution in [1.82, 2.24) is 14.7 Å². The van der Waals surface area contributed by atoms with Crippen LogP contribution < -0.4 is 0 Å². The number of aliphatic hydroxyl groups is 1. The molecule has 1 aromatic heterocycles. The highest BCUT2D eigenvalue weighted by Gasteiger charge is 2.28. The van der Waals surface area contributed by atoms with Crippen LogP contribution in [0.2, 0.25) is 0 Å². The van der Waals surface area contributed by atoms with Crippen LogP contribution in [0.5, 0.6) is 0 Å². The number of aromatic nitrogens is 2. The Morgan fingerprint density at radius 3 is 2.84 bits per heavy atom. The van der Waals surface area contributed by atoms with E-state index in [9.17, 15) is 5.11 Å². The van der Waals surface area contributed by atoms with Crippen molar-refractivity contribution in [2.24, 2.45) is 7.05 Å². The maximum atomic E-state index is 10.5. The van der Waals surface area contributed by atoms with Crippen molar-refractivity contribution in [3.8, 4) is 0 Å². The first kappa shape index (κ1) is 15.4. The minimum absolute atomic E-state index is 0.241. The Balaban J connectivity index is 2.10. The number of rotatable bonds is 4. The standard InChI is InChI=1S/C13H22BrN3OS/c1-4-9-13(14)10(17(3)15-9)7-12(18)11-8-19-6-5-16(11)2/h11-12,18H,4-8H2,1-3H3. The molecular formula is C13H22BrN3OS. The molecule has 0 bridgehead atoms. The van der Waals surface area contributed by atoms with Crippen molar-refractivity contribution in [2.75, 3.05) is 25.1 Å². The fraction of sp³-hybridized carbons (Fsp3) is 0.769. The Kier molecular flexibility index (Phi) is 5.34. The van der Waals surface area contributed by atoms with Gasteiger partial charge in [0.05, 0.1) is 22.0 Å². The van der Waals surface area contributed by atoms with Gasteiger partial charge in [0.2, 0.25) is 0 Å². The van der Waals surface area contributed by atoms with Gasteiger partial charge in [-0.15, -0.1) is 0 Å². The highest BCUT2D eigenvalue weighted by molar-refractivity contribution is 9.10. The van der Waals surface area contributed by atoms with Crippen molar-refractivity contribution in [1.29, 1.82) is 0 Å². The fourth-order valence-corrected chi connectivity index (χ4v) is 4.57. The van der Waals surface area contributed by atoms with E-state index >= 15 is 0 Å². The summed E-state index contributed by atoms with van der Waals surface area (Å²) in [4.78, 5) is 2.27. The van der Waals surface area contributed by atoms with Gasteiger partial charge in [-0.05, 0) is 29.4 Å². The van der Waals surface area contributed by atoms with Crippen LogP contribution in [0, 0.1) is 0 Å². The van der Waals surface area contributed by atoms with Gasteiger partial charge in [-0.25, -0.2) is 0 Å². The Labute approximate surface area is 127 Å². The summed E-state index contributed by atoms with van der Waals surface area (Å²) in [7, 11) is 4.05. The average Bonchev–Trinajstić information content (AvgIpc) is 2.66. The number of nitrogens with zero attached hydrogens (tertiary/aromatic N) is 3. The number of likely N-dealkylation sites (N-methyl/N-ethyl adjacent to an activating group) is 1. The van der Waals surface area contributed by atoms with E-state index in [1.165, 1.54) is 0 Å². The number of aliphatic hydroxyl groups excluding tert-OH is 1. The van der Waals surface area contributed by atoms with Crippen molar-refractivity contribution < 1.29 is 5.11 Å². The van der Waals surface area contributed by atoms with Crippen LogP contribution in [-0.4, -0.2) is 57.0 Å². The summed E-state index contributed by atoms with van der Waals surface area (Å²) >= 11 is 5.54. The van der Waals surface area contributed by atoms with Crippen molar-refractivity contribution in [2.45, 2.75) is 31.9 Å². The smallest absolute Gasteiger partial charge is 0.0766 e.